The maximum absolute atomic E-state index is 11.0. The number of rotatable bonds is 2. The normalized spacial score (nSPS) is 17.8. The summed E-state index contributed by atoms with van der Waals surface area (Å²) in [4.78, 5) is 16.9. The number of aromatic nitrogens is 2. The van der Waals surface area contributed by atoms with Crippen molar-refractivity contribution in [2.45, 2.75) is 25.3 Å². The van der Waals surface area contributed by atoms with Crippen LogP contribution in [0.3, 0.4) is 0 Å². The highest BCUT2D eigenvalue weighted by Crippen LogP contribution is 2.37. The highest BCUT2D eigenvalue weighted by molar-refractivity contribution is 7.10. The Morgan fingerprint density at radius 1 is 1.38 bits per heavy atom. The van der Waals surface area contributed by atoms with E-state index in [1.54, 1.807) is 12.1 Å². The first-order valence-electron chi connectivity index (χ1n) is 7.00. The van der Waals surface area contributed by atoms with Crippen LogP contribution < -0.4 is 0 Å². The van der Waals surface area contributed by atoms with Gasteiger partial charge in [0.1, 0.15) is 0 Å². The molecule has 21 heavy (non-hydrogen) atoms. The molecule has 1 atom stereocenters. The summed E-state index contributed by atoms with van der Waals surface area (Å²) in [6.45, 7) is 0. The van der Waals surface area contributed by atoms with Crippen molar-refractivity contribution in [1.82, 2.24) is 9.55 Å². The van der Waals surface area contributed by atoms with Crippen LogP contribution in [0.1, 0.15) is 39.7 Å². The van der Waals surface area contributed by atoms with Gasteiger partial charge in [-0.05, 0) is 54.5 Å². The topological polar surface area (TPSA) is 55.1 Å². The second kappa shape index (κ2) is 4.70. The van der Waals surface area contributed by atoms with Crippen LogP contribution in [0.4, 0.5) is 0 Å². The standard InChI is InChI=1S/C16H14N2O2S/c19-16(20)10-4-5-14-12(8-10)17-9-18(14)13-2-1-3-15-11(13)6-7-21-15/h4-9,13H,1-3H2,(H,19,20). The number of carboxylic acids is 1. The van der Waals surface area contributed by atoms with Gasteiger partial charge in [0, 0.05) is 4.88 Å². The zero-order valence-corrected chi connectivity index (χ0v) is 12.1. The number of nitrogens with zero attached hydrogens (tertiary/aromatic N) is 2. The molecule has 4 rings (SSSR count). The van der Waals surface area contributed by atoms with Crippen LogP contribution in [0.2, 0.25) is 0 Å². The summed E-state index contributed by atoms with van der Waals surface area (Å²) in [5.41, 5.74) is 3.43. The third-order valence-corrected chi connectivity index (χ3v) is 5.17. The zero-order valence-electron chi connectivity index (χ0n) is 11.3. The van der Waals surface area contributed by atoms with E-state index in [0.717, 1.165) is 17.5 Å². The molecule has 0 amide bonds. The van der Waals surface area contributed by atoms with Gasteiger partial charge < -0.3 is 9.67 Å². The Labute approximate surface area is 125 Å². The molecular formula is C16H14N2O2S. The van der Waals surface area contributed by atoms with Crippen LogP contribution in [0, 0.1) is 0 Å². The zero-order chi connectivity index (χ0) is 14.4. The van der Waals surface area contributed by atoms with Crippen LogP contribution in [-0.4, -0.2) is 20.6 Å². The lowest BCUT2D eigenvalue weighted by molar-refractivity contribution is 0.0697. The summed E-state index contributed by atoms with van der Waals surface area (Å²) in [6.07, 6.45) is 5.30. The summed E-state index contributed by atoms with van der Waals surface area (Å²) < 4.78 is 2.19. The van der Waals surface area contributed by atoms with Crippen molar-refractivity contribution in [2.24, 2.45) is 0 Å². The smallest absolute Gasteiger partial charge is 0.335 e. The largest absolute Gasteiger partial charge is 0.478 e. The van der Waals surface area contributed by atoms with E-state index in [1.165, 1.54) is 23.3 Å². The summed E-state index contributed by atoms with van der Waals surface area (Å²) in [7, 11) is 0. The van der Waals surface area contributed by atoms with Gasteiger partial charge in [-0.15, -0.1) is 11.3 Å². The predicted octanol–water partition coefficient (Wildman–Crippen LogP) is 3.72. The fraction of sp³-hybridized carbons (Fsp3) is 0.250. The van der Waals surface area contributed by atoms with Crippen LogP contribution >= 0.6 is 11.3 Å². The third kappa shape index (κ3) is 1.96. The Balaban J connectivity index is 1.84. The second-order valence-corrected chi connectivity index (χ2v) is 6.37. The highest BCUT2D eigenvalue weighted by atomic mass is 32.1. The number of carboxylic acid groups (broad SMARTS) is 1. The Morgan fingerprint density at radius 3 is 3.14 bits per heavy atom. The molecule has 5 heteroatoms. The third-order valence-electron chi connectivity index (χ3n) is 4.18. The molecule has 1 aliphatic carbocycles. The van der Waals surface area contributed by atoms with Gasteiger partial charge in [0.15, 0.2) is 0 Å². The summed E-state index contributed by atoms with van der Waals surface area (Å²) in [5.74, 6) is -0.913. The van der Waals surface area contributed by atoms with Gasteiger partial charge in [-0.1, -0.05) is 0 Å². The fourth-order valence-electron chi connectivity index (χ4n) is 3.16. The second-order valence-electron chi connectivity index (χ2n) is 5.37. The van der Waals surface area contributed by atoms with E-state index in [-0.39, 0.29) is 5.56 Å². The average Bonchev–Trinajstić information content (AvgIpc) is 3.12. The number of hydrogen-bond donors (Lipinski definition) is 1. The maximum atomic E-state index is 11.0. The van der Waals surface area contributed by atoms with Gasteiger partial charge in [0.2, 0.25) is 0 Å². The molecule has 1 aromatic carbocycles. The van der Waals surface area contributed by atoms with Gasteiger partial charge in [-0.25, -0.2) is 9.78 Å². The van der Waals surface area contributed by atoms with Gasteiger partial charge in [0.05, 0.1) is 29.0 Å². The summed E-state index contributed by atoms with van der Waals surface area (Å²) in [5, 5.41) is 11.2. The van der Waals surface area contributed by atoms with Crippen LogP contribution in [-0.2, 0) is 6.42 Å². The van der Waals surface area contributed by atoms with E-state index in [1.807, 2.05) is 23.7 Å². The Morgan fingerprint density at radius 2 is 2.29 bits per heavy atom. The Bertz CT molecular complexity index is 834. The van der Waals surface area contributed by atoms with E-state index in [0.29, 0.717) is 6.04 Å². The van der Waals surface area contributed by atoms with Gasteiger partial charge >= 0.3 is 5.97 Å². The number of hydrogen-bond acceptors (Lipinski definition) is 3. The molecule has 1 unspecified atom stereocenters. The molecule has 0 bridgehead atoms. The number of aryl methyl sites for hydroxylation is 1. The minimum atomic E-state index is -0.913. The molecule has 0 aliphatic heterocycles. The lowest BCUT2D eigenvalue weighted by Crippen LogP contribution is -2.14. The van der Waals surface area contributed by atoms with Crippen molar-refractivity contribution in [1.29, 1.82) is 0 Å². The summed E-state index contributed by atoms with van der Waals surface area (Å²) >= 11 is 1.83. The number of benzene rings is 1. The van der Waals surface area contributed by atoms with Crippen LogP contribution in [0.25, 0.3) is 11.0 Å². The predicted molar refractivity (Wildman–Crippen MR) is 82.1 cm³/mol. The minimum absolute atomic E-state index is 0.285. The first-order chi connectivity index (χ1) is 10.2. The van der Waals surface area contributed by atoms with E-state index in [2.05, 4.69) is 21.0 Å². The average molecular weight is 298 g/mol. The van der Waals surface area contributed by atoms with Gasteiger partial charge in [0.25, 0.3) is 0 Å². The molecule has 0 saturated carbocycles. The molecule has 1 aliphatic rings. The monoisotopic (exact) mass is 298 g/mol. The number of fused-ring (bicyclic) bond motifs is 2. The van der Waals surface area contributed by atoms with Gasteiger partial charge in [-0.3, -0.25) is 0 Å². The molecule has 0 fully saturated rings. The quantitative estimate of drug-likeness (QED) is 0.784. The Hall–Kier alpha value is -2.14. The molecule has 0 radical (unpaired) electrons. The van der Waals surface area contributed by atoms with Crippen LogP contribution in [0.5, 0.6) is 0 Å². The van der Waals surface area contributed by atoms with E-state index in [9.17, 15) is 4.79 Å². The number of imidazole rings is 1. The number of thiophene rings is 1. The van der Waals surface area contributed by atoms with Crippen molar-refractivity contribution in [3.63, 3.8) is 0 Å². The highest BCUT2D eigenvalue weighted by Gasteiger charge is 2.24. The summed E-state index contributed by atoms with van der Waals surface area (Å²) in [6, 6.07) is 7.69. The van der Waals surface area contributed by atoms with Crippen molar-refractivity contribution in [2.75, 3.05) is 0 Å². The molecule has 4 nitrogen and oxygen atoms in total. The van der Waals surface area contributed by atoms with Crippen molar-refractivity contribution in [3.8, 4) is 0 Å². The van der Waals surface area contributed by atoms with Gasteiger partial charge in [-0.2, -0.15) is 0 Å². The number of carbonyl (C=O) groups is 1. The van der Waals surface area contributed by atoms with E-state index in [4.69, 9.17) is 5.11 Å². The lowest BCUT2D eigenvalue weighted by atomic mass is 9.94. The molecule has 2 heterocycles. The molecule has 106 valence electrons. The lowest BCUT2D eigenvalue weighted by Gasteiger charge is -2.24. The van der Waals surface area contributed by atoms with E-state index < -0.39 is 5.97 Å². The van der Waals surface area contributed by atoms with Crippen molar-refractivity contribution in [3.05, 3.63) is 52.0 Å². The van der Waals surface area contributed by atoms with Crippen molar-refractivity contribution < 1.29 is 9.90 Å². The minimum Gasteiger partial charge on any atom is -0.478 e. The Kier molecular flexibility index (Phi) is 2.82. The van der Waals surface area contributed by atoms with Crippen molar-refractivity contribution >= 4 is 28.3 Å². The maximum Gasteiger partial charge on any atom is 0.335 e. The molecule has 1 N–H and O–H groups in total. The molecule has 3 aromatic rings. The molecular weight excluding hydrogens is 284 g/mol. The van der Waals surface area contributed by atoms with Crippen LogP contribution in [0.15, 0.2) is 36.0 Å². The molecule has 0 spiro atoms. The van der Waals surface area contributed by atoms with E-state index >= 15 is 0 Å². The molecule has 0 saturated heterocycles. The molecule has 2 aromatic heterocycles. The fourth-order valence-corrected chi connectivity index (χ4v) is 4.15. The first kappa shape index (κ1) is 12.6. The SMILES string of the molecule is O=C(O)c1ccc2c(c1)ncn2C1CCCc2sccc21. The number of aromatic carboxylic acids is 1. The first-order valence-corrected chi connectivity index (χ1v) is 7.88.